The van der Waals surface area contributed by atoms with Gasteiger partial charge in [-0.05, 0) is 30.0 Å². The molecule has 0 saturated carbocycles. The van der Waals surface area contributed by atoms with E-state index in [2.05, 4.69) is 4.90 Å². The molecule has 0 aliphatic carbocycles. The molecule has 0 aromatic heterocycles. The fourth-order valence-corrected chi connectivity index (χ4v) is 2.42. The summed E-state index contributed by atoms with van der Waals surface area (Å²) in [5, 5.41) is 18.6. The smallest absolute Gasteiger partial charge is 0.335 e. The van der Waals surface area contributed by atoms with Crippen LogP contribution >= 0.6 is 0 Å². The third-order valence-electron chi connectivity index (χ3n) is 3.52. The number of carbonyl (C=O) groups is 1. The van der Waals surface area contributed by atoms with Crippen molar-refractivity contribution >= 4 is 5.97 Å². The zero-order valence-electron chi connectivity index (χ0n) is 10.5. The van der Waals surface area contributed by atoms with E-state index in [0.29, 0.717) is 5.56 Å². The monoisotopic (exact) mass is 249 g/mol. The van der Waals surface area contributed by atoms with E-state index in [0.717, 1.165) is 31.6 Å². The second-order valence-electron chi connectivity index (χ2n) is 5.07. The maximum Gasteiger partial charge on any atom is 0.335 e. The minimum atomic E-state index is -0.890. The highest BCUT2D eigenvalue weighted by Crippen LogP contribution is 2.19. The lowest BCUT2D eigenvalue weighted by molar-refractivity contribution is 0.0320. The van der Waals surface area contributed by atoms with Crippen molar-refractivity contribution in [3.05, 3.63) is 35.4 Å². The van der Waals surface area contributed by atoms with Gasteiger partial charge in [0.05, 0.1) is 11.7 Å². The van der Waals surface area contributed by atoms with Crippen LogP contribution < -0.4 is 0 Å². The molecule has 2 atom stereocenters. The topological polar surface area (TPSA) is 60.8 Å². The van der Waals surface area contributed by atoms with Crippen molar-refractivity contribution in [2.75, 3.05) is 13.1 Å². The number of piperidine rings is 1. The highest BCUT2D eigenvalue weighted by molar-refractivity contribution is 5.87. The van der Waals surface area contributed by atoms with E-state index in [-0.39, 0.29) is 12.0 Å². The molecule has 2 rings (SSSR count). The molecule has 98 valence electrons. The molecule has 0 radical (unpaired) electrons. The van der Waals surface area contributed by atoms with Crippen molar-refractivity contribution < 1.29 is 15.0 Å². The number of aliphatic hydroxyl groups is 1. The molecule has 18 heavy (non-hydrogen) atoms. The summed E-state index contributed by atoms with van der Waals surface area (Å²) < 4.78 is 0. The van der Waals surface area contributed by atoms with Crippen molar-refractivity contribution in [2.24, 2.45) is 5.92 Å². The first-order valence-corrected chi connectivity index (χ1v) is 6.29. The molecule has 2 N–H and O–H groups in total. The zero-order chi connectivity index (χ0) is 13.1. The molecule has 1 aliphatic rings. The van der Waals surface area contributed by atoms with E-state index in [1.807, 2.05) is 13.0 Å². The van der Waals surface area contributed by atoms with Crippen LogP contribution in [-0.4, -0.2) is 40.3 Å². The van der Waals surface area contributed by atoms with E-state index in [9.17, 15) is 9.90 Å². The molecular formula is C14H19NO3. The number of aliphatic hydroxyl groups excluding tert-OH is 1. The van der Waals surface area contributed by atoms with Gasteiger partial charge in [0.2, 0.25) is 0 Å². The Labute approximate surface area is 107 Å². The molecule has 4 nitrogen and oxygen atoms in total. The number of rotatable bonds is 3. The summed E-state index contributed by atoms with van der Waals surface area (Å²) in [7, 11) is 0. The van der Waals surface area contributed by atoms with Crippen LogP contribution in [0.2, 0.25) is 0 Å². The summed E-state index contributed by atoms with van der Waals surface area (Å²) in [4.78, 5) is 13.2. The van der Waals surface area contributed by atoms with Crippen LogP contribution in [0, 0.1) is 5.92 Å². The Balaban J connectivity index is 2.01. The highest BCUT2D eigenvalue weighted by Gasteiger charge is 2.24. The summed E-state index contributed by atoms with van der Waals surface area (Å²) >= 11 is 0. The van der Waals surface area contributed by atoms with Crippen LogP contribution in [0.3, 0.4) is 0 Å². The van der Waals surface area contributed by atoms with E-state index in [4.69, 9.17) is 5.11 Å². The van der Waals surface area contributed by atoms with Gasteiger partial charge in [-0.1, -0.05) is 19.1 Å². The molecular weight excluding hydrogens is 230 g/mol. The predicted octanol–water partition coefficient (Wildman–Crippen LogP) is 1.59. The molecule has 0 bridgehead atoms. The van der Waals surface area contributed by atoms with Crippen molar-refractivity contribution in [3.8, 4) is 0 Å². The lowest BCUT2D eigenvalue weighted by Crippen LogP contribution is -2.41. The Morgan fingerprint density at radius 3 is 2.94 bits per heavy atom. The van der Waals surface area contributed by atoms with Crippen LogP contribution in [0.15, 0.2) is 24.3 Å². The standard InChI is InChI=1S/C14H19NO3/c1-10-8-15(6-5-13(10)16)9-11-3-2-4-12(7-11)14(17)18/h2-4,7,10,13,16H,5-6,8-9H2,1H3,(H,17,18). The van der Waals surface area contributed by atoms with Crippen LogP contribution in [0.4, 0.5) is 0 Å². The van der Waals surface area contributed by atoms with Gasteiger partial charge in [-0.25, -0.2) is 4.79 Å². The van der Waals surface area contributed by atoms with Crippen molar-refractivity contribution in [1.29, 1.82) is 0 Å². The number of hydrogen-bond acceptors (Lipinski definition) is 3. The molecule has 2 unspecified atom stereocenters. The number of hydrogen-bond donors (Lipinski definition) is 2. The van der Waals surface area contributed by atoms with Gasteiger partial charge >= 0.3 is 5.97 Å². The number of nitrogens with zero attached hydrogens (tertiary/aromatic N) is 1. The van der Waals surface area contributed by atoms with Gasteiger partial charge in [0, 0.05) is 19.6 Å². The Morgan fingerprint density at radius 2 is 2.28 bits per heavy atom. The number of carboxylic acid groups (broad SMARTS) is 1. The first-order valence-electron chi connectivity index (χ1n) is 6.29. The minimum absolute atomic E-state index is 0.202. The predicted molar refractivity (Wildman–Crippen MR) is 68.5 cm³/mol. The average molecular weight is 249 g/mol. The highest BCUT2D eigenvalue weighted by atomic mass is 16.4. The lowest BCUT2D eigenvalue weighted by atomic mass is 9.96. The summed E-state index contributed by atoms with van der Waals surface area (Å²) in [6, 6.07) is 7.05. The summed E-state index contributed by atoms with van der Waals surface area (Å²) in [5.74, 6) is -0.610. The lowest BCUT2D eigenvalue weighted by Gasteiger charge is -2.34. The fraction of sp³-hybridized carbons (Fsp3) is 0.500. The number of benzene rings is 1. The Hall–Kier alpha value is -1.39. The zero-order valence-corrected chi connectivity index (χ0v) is 10.5. The van der Waals surface area contributed by atoms with Crippen LogP contribution in [-0.2, 0) is 6.54 Å². The third kappa shape index (κ3) is 3.09. The van der Waals surface area contributed by atoms with Crippen LogP contribution in [0.25, 0.3) is 0 Å². The van der Waals surface area contributed by atoms with Crippen molar-refractivity contribution in [3.63, 3.8) is 0 Å². The quantitative estimate of drug-likeness (QED) is 0.854. The number of carboxylic acids is 1. The SMILES string of the molecule is CC1CN(Cc2cccc(C(=O)O)c2)CCC1O. The Morgan fingerprint density at radius 1 is 1.50 bits per heavy atom. The first-order chi connectivity index (χ1) is 8.56. The Bertz CT molecular complexity index is 433. The van der Waals surface area contributed by atoms with E-state index < -0.39 is 5.97 Å². The molecule has 1 fully saturated rings. The summed E-state index contributed by atoms with van der Waals surface area (Å²) in [6.07, 6.45) is 0.589. The molecule has 1 aromatic carbocycles. The van der Waals surface area contributed by atoms with Crippen LogP contribution in [0.5, 0.6) is 0 Å². The molecule has 0 spiro atoms. The molecule has 1 aromatic rings. The number of likely N-dealkylation sites (tertiary alicyclic amines) is 1. The van der Waals surface area contributed by atoms with Gasteiger partial charge in [-0.2, -0.15) is 0 Å². The summed E-state index contributed by atoms with van der Waals surface area (Å²) in [5.41, 5.74) is 1.34. The molecule has 0 amide bonds. The normalized spacial score (nSPS) is 25.0. The van der Waals surface area contributed by atoms with E-state index in [1.165, 1.54) is 0 Å². The number of aromatic carboxylic acids is 1. The first kappa shape index (κ1) is 13.1. The average Bonchev–Trinajstić information content (AvgIpc) is 2.34. The Kier molecular flexibility index (Phi) is 3.99. The van der Waals surface area contributed by atoms with Crippen molar-refractivity contribution in [1.82, 2.24) is 4.90 Å². The van der Waals surface area contributed by atoms with E-state index in [1.54, 1.807) is 18.2 Å². The maximum atomic E-state index is 10.9. The van der Waals surface area contributed by atoms with Crippen LogP contribution in [0.1, 0.15) is 29.3 Å². The molecule has 1 aliphatic heterocycles. The largest absolute Gasteiger partial charge is 0.478 e. The fourth-order valence-electron chi connectivity index (χ4n) is 2.42. The minimum Gasteiger partial charge on any atom is -0.478 e. The summed E-state index contributed by atoms with van der Waals surface area (Å²) in [6.45, 7) is 4.52. The van der Waals surface area contributed by atoms with Gasteiger partial charge in [0.25, 0.3) is 0 Å². The molecule has 1 saturated heterocycles. The molecule has 1 heterocycles. The molecule has 4 heteroatoms. The van der Waals surface area contributed by atoms with Gasteiger partial charge in [0.15, 0.2) is 0 Å². The van der Waals surface area contributed by atoms with E-state index >= 15 is 0 Å². The van der Waals surface area contributed by atoms with Gasteiger partial charge in [-0.15, -0.1) is 0 Å². The second-order valence-corrected chi connectivity index (χ2v) is 5.07. The second kappa shape index (κ2) is 5.50. The maximum absolute atomic E-state index is 10.9. The van der Waals surface area contributed by atoms with Gasteiger partial charge < -0.3 is 10.2 Å². The third-order valence-corrected chi connectivity index (χ3v) is 3.52. The van der Waals surface area contributed by atoms with Gasteiger partial charge in [0.1, 0.15) is 0 Å². The van der Waals surface area contributed by atoms with Gasteiger partial charge in [-0.3, -0.25) is 4.90 Å². The van der Waals surface area contributed by atoms with Crippen molar-refractivity contribution in [2.45, 2.75) is 26.0 Å².